The molecule has 0 bridgehead atoms. The van der Waals surface area contributed by atoms with Crippen molar-refractivity contribution in [2.24, 2.45) is 0 Å². The number of aromatic nitrogens is 5. The van der Waals surface area contributed by atoms with E-state index in [9.17, 15) is 4.39 Å². The van der Waals surface area contributed by atoms with E-state index in [0.717, 1.165) is 11.3 Å². The third-order valence-corrected chi connectivity index (χ3v) is 4.16. The zero-order valence-electron chi connectivity index (χ0n) is 15.0. The Hall–Kier alpha value is -3.59. The van der Waals surface area contributed by atoms with Gasteiger partial charge in [0.15, 0.2) is 22.7 Å². The molecule has 2 heterocycles. The number of hydrogen-bond acceptors (Lipinski definition) is 7. The third kappa shape index (κ3) is 3.47. The van der Waals surface area contributed by atoms with E-state index >= 15 is 0 Å². The number of anilines is 2. The van der Waals surface area contributed by atoms with Crippen molar-refractivity contribution in [2.75, 3.05) is 19.0 Å². The standard InChI is InChI=1S/C19H17FN6O2/c1-28-17-10-13(5-6-15(17)20)22-19-21-11-16-18(23-19)26(25-24-16)14-4-2-3-12(9-14)7-8-27/h2-6,9-11,27H,7-8H2,1H3,(H,21,22,23). The van der Waals surface area contributed by atoms with E-state index in [2.05, 4.69) is 25.6 Å². The number of aliphatic hydroxyl groups excluding tert-OH is 1. The highest BCUT2D eigenvalue weighted by atomic mass is 19.1. The van der Waals surface area contributed by atoms with Crippen LogP contribution in [0.5, 0.6) is 5.75 Å². The predicted molar refractivity (Wildman–Crippen MR) is 101 cm³/mol. The molecule has 0 unspecified atom stereocenters. The summed E-state index contributed by atoms with van der Waals surface area (Å²) >= 11 is 0. The van der Waals surface area contributed by atoms with Gasteiger partial charge in [0.2, 0.25) is 5.95 Å². The van der Waals surface area contributed by atoms with Gasteiger partial charge >= 0.3 is 0 Å². The van der Waals surface area contributed by atoms with Gasteiger partial charge < -0.3 is 15.2 Å². The van der Waals surface area contributed by atoms with Gasteiger partial charge in [-0.2, -0.15) is 9.67 Å². The van der Waals surface area contributed by atoms with Crippen LogP contribution in [0.4, 0.5) is 16.0 Å². The Balaban J connectivity index is 1.69. The van der Waals surface area contributed by atoms with Gasteiger partial charge in [-0.25, -0.2) is 9.37 Å². The fraction of sp³-hybridized carbons (Fsp3) is 0.158. The molecule has 0 fully saturated rings. The number of nitrogens with zero attached hydrogens (tertiary/aromatic N) is 5. The van der Waals surface area contributed by atoms with Crippen LogP contribution in [0, 0.1) is 5.82 Å². The average molecular weight is 380 g/mol. The number of nitrogens with one attached hydrogen (secondary N) is 1. The van der Waals surface area contributed by atoms with Gasteiger partial charge in [0.25, 0.3) is 0 Å². The van der Waals surface area contributed by atoms with Crippen molar-refractivity contribution < 1.29 is 14.2 Å². The number of aliphatic hydroxyl groups is 1. The summed E-state index contributed by atoms with van der Waals surface area (Å²) < 4.78 is 20.2. The highest BCUT2D eigenvalue weighted by molar-refractivity contribution is 5.73. The molecule has 2 aromatic carbocycles. The van der Waals surface area contributed by atoms with Crippen molar-refractivity contribution >= 4 is 22.8 Å². The molecule has 0 radical (unpaired) electrons. The molecular weight excluding hydrogens is 363 g/mol. The van der Waals surface area contributed by atoms with Crippen LogP contribution in [0.1, 0.15) is 5.56 Å². The van der Waals surface area contributed by atoms with Gasteiger partial charge in [-0.1, -0.05) is 17.3 Å². The largest absolute Gasteiger partial charge is 0.494 e. The van der Waals surface area contributed by atoms with E-state index in [1.54, 1.807) is 16.9 Å². The SMILES string of the molecule is COc1cc(Nc2ncc3nnn(-c4cccc(CCO)c4)c3n2)ccc1F. The number of hydrogen-bond donors (Lipinski definition) is 2. The monoisotopic (exact) mass is 380 g/mol. The molecule has 0 atom stereocenters. The van der Waals surface area contributed by atoms with Crippen molar-refractivity contribution in [3.63, 3.8) is 0 Å². The summed E-state index contributed by atoms with van der Waals surface area (Å²) in [5, 5.41) is 20.4. The maximum atomic E-state index is 13.6. The van der Waals surface area contributed by atoms with Crippen LogP contribution in [0.2, 0.25) is 0 Å². The molecule has 2 aromatic heterocycles. The minimum absolute atomic E-state index is 0.0684. The molecule has 0 aliphatic heterocycles. The van der Waals surface area contributed by atoms with Crippen molar-refractivity contribution in [3.8, 4) is 11.4 Å². The third-order valence-electron chi connectivity index (χ3n) is 4.16. The van der Waals surface area contributed by atoms with Crippen LogP contribution < -0.4 is 10.1 Å². The van der Waals surface area contributed by atoms with Gasteiger partial charge in [-0.05, 0) is 36.2 Å². The zero-order valence-corrected chi connectivity index (χ0v) is 15.0. The fourth-order valence-corrected chi connectivity index (χ4v) is 2.80. The second-order valence-corrected chi connectivity index (χ2v) is 6.02. The summed E-state index contributed by atoms with van der Waals surface area (Å²) in [7, 11) is 1.40. The molecule has 4 rings (SSSR count). The second kappa shape index (κ2) is 7.57. The normalized spacial score (nSPS) is 11.0. The molecule has 142 valence electrons. The Bertz CT molecular complexity index is 1130. The first kappa shape index (κ1) is 17.8. The molecule has 0 amide bonds. The van der Waals surface area contributed by atoms with Gasteiger partial charge in [-0.3, -0.25) is 0 Å². The zero-order chi connectivity index (χ0) is 19.5. The summed E-state index contributed by atoms with van der Waals surface area (Å²) in [5.41, 5.74) is 3.40. The average Bonchev–Trinajstić information content (AvgIpc) is 3.13. The Kier molecular flexibility index (Phi) is 4.81. The molecule has 2 N–H and O–H groups in total. The molecule has 0 aliphatic rings. The number of benzene rings is 2. The number of rotatable bonds is 6. The van der Waals surface area contributed by atoms with Crippen molar-refractivity contribution in [1.29, 1.82) is 0 Å². The van der Waals surface area contributed by atoms with Crippen LogP contribution in [-0.2, 0) is 6.42 Å². The first-order valence-electron chi connectivity index (χ1n) is 8.57. The van der Waals surface area contributed by atoms with Gasteiger partial charge in [0.1, 0.15) is 0 Å². The number of fused-ring (bicyclic) bond motifs is 1. The van der Waals surface area contributed by atoms with Crippen LogP contribution in [-0.4, -0.2) is 43.8 Å². The fourth-order valence-electron chi connectivity index (χ4n) is 2.80. The first-order valence-corrected chi connectivity index (χ1v) is 8.57. The lowest BCUT2D eigenvalue weighted by atomic mass is 10.1. The molecule has 28 heavy (non-hydrogen) atoms. The molecule has 8 nitrogen and oxygen atoms in total. The summed E-state index contributed by atoms with van der Waals surface area (Å²) in [4.78, 5) is 8.72. The van der Waals surface area contributed by atoms with E-state index in [1.165, 1.54) is 19.2 Å². The summed E-state index contributed by atoms with van der Waals surface area (Å²) in [6, 6.07) is 12.0. The Morgan fingerprint density at radius 2 is 2.11 bits per heavy atom. The molecule has 0 saturated heterocycles. The van der Waals surface area contributed by atoms with Crippen LogP contribution in [0.3, 0.4) is 0 Å². The van der Waals surface area contributed by atoms with Crippen LogP contribution in [0.15, 0.2) is 48.7 Å². The molecular formula is C19H17FN6O2. The first-order chi connectivity index (χ1) is 13.7. The maximum Gasteiger partial charge on any atom is 0.229 e. The van der Waals surface area contributed by atoms with E-state index in [1.807, 2.05) is 24.3 Å². The van der Waals surface area contributed by atoms with Gasteiger partial charge in [0, 0.05) is 18.4 Å². The second-order valence-electron chi connectivity index (χ2n) is 6.02. The molecule has 9 heteroatoms. The smallest absolute Gasteiger partial charge is 0.229 e. The van der Waals surface area contributed by atoms with Crippen molar-refractivity contribution in [1.82, 2.24) is 25.0 Å². The number of halogens is 1. The lowest BCUT2D eigenvalue weighted by molar-refractivity contribution is 0.299. The minimum atomic E-state index is -0.450. The number of methoxy groups -OCH3 is 1. The highest BCUT2D eigenvalue weighted by Gasteiger charge is 2.11. The molecule has 0 spiro atoms. The molecule has 0 aliphatic carbocycles. The van der Waals surface area contributed by atoms with Gasteiger partial charge in [0.05, 0.1) is 19.0 Å². The van der Waals surface area contributed by atoms with E-state index in [-0.39, 0.29) is 12.4 Å². The quantitative estimate of drug-likeness (QED) is 0.531. The van der Waals surface area contributed by atoms with Crippen molar-refractivity contribution in [2.45, 2.75) is 6.42 Å². The van der Waals surface area contributed by atoms with E-state index in [0.29, 0.717) is 29.2 Å². The highest BCUT2D eigenvalue weighted by Crippen LogP contribution is 2.24. The predicted octanol–water partition coefficient (Wildman–Crippen LogP) is 2.64. The molecule has 4 aromatic rings. The Labute approximate surface area is 159 Å². The van der Waals surface area contributed by atoms with Crippen LogP contribution >= 0.6 is 0 Å². The minimum Gasteiger partial charge on any atom is -0.494 e. The molecule has 0 saturated carbocycles. The lowest BCUT2D eigenvalue weighted by Gasteiger charge is -2.08. The summed E-state index contributed by atoms with van der Waals surface area (Å²) in [6.45, 7) is 0.0684. The van der Waals surface area contributed by atoms with Crippen LogP contribution in [0.25, 0.3) is 16.9 Å². The van der Waals surface area contributed by atoms with E-state index < -0.39 is 5.82 Å². The lowest BCUT2D eigenvalue weighted by Crippen LogP contribution is -2.02. The van der Waals surface area contributed by atoms with E-state index in [4.69, 9.17) is 9.84 Å². The summed E-state index contributed by atoms with van der Waals surface area (Å²) in [6.07, 6.45) is 2.11. The topological polar surface area (TPSA) is 98.0 Å². The van der Waals surface area contributed by atoms with Gasteiger partial charge in [-0.15, -0.1) is 5.10 Å². The maximum absolute atomic E-state index is 13.6. The number of ether oxygens (including phenoxy) is 1. The summed E-state index contributed by atoms with van der Waals surface area (Å²) in [5.74, 6) is -0.0100. The Morgan fingerprint density at radius 3 is 2.93 bits per heavy atom. The Morgan fingerprint density at radius 1 is 1.21 bits per heavy atom. The van der Waals surface area contributed by atoms with Crippen molar-refractivity contribution in [3.05, 3.63) is 60.0 Å².